The largest absolute Gasteiger partial charge is 0.486 e. The summed E-state index contributed by atoms with van der Waals surface area (Å²) in [5.74, 6) is -1.85. The average molecular weight is 628 g/mol. The van der Waals surface area contributed by atoms with E-state index in [1.807, 2.05) is 50.3 Å². The molecular formula is C37H38FNO7. The zero-order valence-corrected chi connectivity index (χ0v) is 26.2. The van der Waals surface area contributed by atoms with Crippen molar-refractivity contribution in [3.05, 3.63) is 88.3 Å². The van der Waals surface area contributed by atoms with Gasteiger partial charge in [0, 0.05) is 16.7 Å². The number of allylic oxidation sites excluding steroid dienone is 4. The fourth-order valence-corrected chi connectivity index (χ4v) is 9.79. The molecule has 0 radical (unpaired) electrons. The number of carbonyl (C=O) groups excluding carboxylic acids is 2. The third-order valence-electron chi connectivity index (χ3n) is 11.8. The number of hydrogen-bond donors (Lipinski definition) is 2. The van der Waals surface area contributed by atoms with Gasteiger partial charge < -0.3 is 24.4 Å². The quantitative estimate of drug-likeness (QED) is 0.449. The Morgan fingerprint density at radius 1 is 1.24 bits per heavy atom. The van der Waals surface area contributed by atoms with Crippen LogP contribution in [0.15, 0.2) is 60.2 Å². The maximum Gasteiger partial charge on any atom is 0.193 e. The third kappa shape index (κ3) is 4.31. The summed E-state index contributed by atoms with van der Waals surface area (Å²) in [7, 11) is 0. The van der Waals surface area contributed by atoms with Gasteiger partial charge in [-0.2, -0.15) is 5.26 Å². The molecule has 1 heterocycles. The van der Waals surface area contributed by atoms with Crippen LogP contribution < -0.4 is 4.74 Å². The number of aliphatic hydroxyl groups excluding tert-OH is 2. The van der Waals surface area contributed by atoms with Crippen LogP contribution in [-0.2, 0) is 25.7 Å². The first-order chi connectivity index (χ1) is 22.0. The normalized spacial score (nSPS) is 37.4. The maximum atomic E-state index is 16.2. The maximum absolute atomic E-state index is 16.2. The smallest absolute Gasteiger partial charge is 0.193 e. The summed E-state index contributed by atoms with van der Waals surface area (Å²) in [4.78, 5) is 26.1. The van der Waals surface area contributed by atoms with E-state index < -0.39 is 53.1 Å². The highest BCUT2D eigenvalue weighted by molar-refractivity contribution is 6.01. The van der Waals surface area contributed by atoms with Crippen LogP contribution in [0.2, 0.25) is 0 Å². The minimum Gasteiger partial charge on any atom is -0.486 e. The van der Waals surface area contributed by atoms with Crippen molar-refractivity contribution >= 4 is 11.6 Å². The first kappa shape index (κ1) is 30.9. The molecule has 2 aromatic carbocycles. The SMILES string of the molecule is Cc1cccc(COc2ccc(C#N)c([C@H]3O[C@@H]4C[C@H]5[C@@H]6CCC7=CC(=O)C=C[C@]7(C)[C@H]6[C@@H](O)C[C@]5(C)[C@]4(C(=O)CO)O3)c2F)c1. The van der Waals surface area contributed by atoms with Gasteiger partial charge in [-0.15, -0.1) is 0 Å². The Labute approximate surface area is 267 Å². The van der Waals surface area contributed by atoms with E-state index in [1.54, 1.807) is 12.2 Å². The fraction of sp³-hybridized carbons (Fsp3) is 0.486. The molecule has 240 valence electrons. The highest BCUT2D eigenvalue weighted by atomic mass is 19.1. The van der Waals surface area contributed by atoms with Crippen LogP contribution in [0.4, 0.5) is 4.39 Å². The number of nitrogens with zero attached hydrogens (tertiary/aromatic N) is 1. The van der Waals surface area contributed by atoms with Crippen LogP contribution in [0.1, 0.15) is 68.1 Å². The molecule has 0 aromatic heterocycles. The van der Waals surface area contributed by atoms with Gasteiger partial charge in [-0.1, -0.05) is 55.3 Å². The second kappa shape index (κ2) is 11.0. The van der Waals surface area contributed by atoms with E-state index >= 15 is 4.39 Å². The van der Waals surface area contributed by atoms with E-state index in [0.717, 1.165) is 23.1 Å². The number of Topliss-reactive ketones (excluding diaryl/α,β-unsaturated/α-hetero) is 1. The van der Waals surface area contributed by atoms with Crippen LogP contribution in [0.25, 0.3) is 0 Å². The molecule has 0 bridgehead atoms. The van der Waals surface area contributed by atoms with E-state index in [9.17, 15) is 25.1 Å². The van der Waals surface area contributed by atoms with Gasteiger partial charge in [-0.05, 0) is 74.3 Å². The van der Waals surface area contributed by atoms with Gasteiger partial charge in [0.25, 0.3) is 0 Å². The Balaban J connectivity index is 1.23. The molecule has 2 aromatic rings. The number of ether oxygens (including phenoxy) is 3. The predicted octanol–water partition coefficient (Wildman–Crippen LogP) is 5.19. The van der Waals surface area contributed by atoms with Gasteiger partial charge in [0.05, 0.1) is 29.4 Å². The number of halogens is 1. The van der Waals surface area contributed by atoms with Crippen LogP contribution in [0.3, 0.4) is 0 Å². The molecule has 2 N–H and O–H groups in total. The number of benzene rings is 2. The minimum atomic E-state index is -1.67. The molecule has 9 heteroatoms. The Morgan fingerprint density at radius 3 is 2.78 bits per heavy atom. The van der Waals surface area contributed by atoms with Gasteiger partial charge in [-0.3, -0.25) is 9.59 Å². The predicted molar refractivity (Wildman–Crippen MR) is 164 cm³/mol. The molecule has 5 aliphatic rings. The fourth-order valence-electron chi connectivity index (χ4n) is 9.79. The van der Waals surface area contributed by atoms with E-state index in [0.29, 0.717) is 12.8 Å². The molecule has 46 heavy (non-hydrogen) atoms. The molecule has 8 nitrogen and oxygen atoms in total. The molecule has 0 amide bonds. The van der Waals surface area contributed by atoms with Gasteiger partial charge in [0.1, 0.15) is 13.2 Å². The van der Waals surface area contributed by atoms with Crippen molar-refractivity contribution in [2.45, 2.75) is 77.2 Å². The van der Waals surface area contributed by atoms with Crippen molar-refractivity contribution < 1.29 is 38.4 Å². The second-order valence-electron chi connectivity index (χ2n) is 14.1. The monoisotopic (exact) mass is 627 g/mol. The lowest BCUT2D eigenvalue weighted by Gasteiger charge is -2.59. The van der Waals surface area contributed by atoms with Crippen molar-refractivity contribution in [1.82, 2.24) is 0 Å². The number of fused-ring (bicyclic) bond motifs is 7. The van der Waals surface area contributed by atoms with E-state index in [4.69, 9.17) is 14.2 Å². The summed E-state index contributed by atoms with van der Waals surface area (Å²) >= 11 is 0. The molecule has 1 aliphatic heterocycles. The summed E-state index contributed by atoms with van der Waals surface area (Å²) in [6.45, 7) is 5.21. The highest BCUT2D eigenvalue weighted by Gasteiger charge is 2.76. The summed E-state index contributed by atoms with van der Waals surface area (Å²) in [5.41, 5.74) is -0.399. The van der Waals surface area contributed by atoms with Crippen LogP contribution >= 0.6 is 0 Å². The van der Waals surface area contributed by atoms with E-state index in [2.05, 4.69) is 6.92 Å². The second-order valence-corrected chi connectivity index (χ2v) is 14.1. The van der Waals surface area contributed by atoms with Crippen LogP contribution in [-0.4, -0.2) is 46.2 Å². The molecule has 4 fully saturated rings. The van der Waals surface area contributed by atoms with Gasteiger partial charge in [0.2, 0.25) is 0 Å². The van der Waals surface area contributed by atoms with Gasteiger partial charge >= 0.3 is 0 Å². The van der Waals surface area contributed by atoms with Crippen LogP contribution in [0.5, 0.6) is 5.75 Å². The molecule has 9 atom stereocenters. The first-order valence-corrected chi connectivity index (χ1v) is 16.0. The molecule has 0 spiro atoms. The highest BCUT2D eigenvalue weighted by Crippen LogP contribution is 2.70. The zero-order chi connectivity index (χ0) is 32.6. The molecule has 4 aliphatic carbocycles. The first-order valence-electron chi connectivity index (χ1n) is 16.0. The lowest BCUT2D eigenvalue weighted by molar-refractivity contribution is -0.201. The molecule has 1 saturated heterocycles. The zero-order valence-electron chi connectivity index (χ0n) is 26.2. The number of carbonyl (C=O) groups is 2. The van der Waals surface area contributed by atoms with Gasteiger partial charge in [0.15, 0.2) is 35.0 Å². The minimum absolute atomic E-state index is 0.0134. The average Bonchev–Trinajstić information content (AvgIpc) is 3.52. The Bertz CT molecular complexity index is 1730. The van der Waals surface area contributed by atoms with Crippen molar-refractivity contribution in [3.8, 4) is 11.8 Å². The van der Waals surface area contributed by atoms with Crippen molar-refractivity contribution in [2.75, 3.05) is 6.61 Å². The Morgan fingerprint density at radius 2 is 2.04 bits per heavy atom. The third-order valence-corrected chi connectivity index (χ3v) is 11.8. The lowest BCUT2D eigenvalue weighted by atomic mass is 9.46. The summed E-state index contributed by atoms with van der Waals surface area (Å²) < 4.78 is 35.0. The Kier molecular flexibility index (Phi) is 7.37. The number of aryl methyl sites for hydroxylation is 1. The van der Waals surface area contributed by atoms with Gasteiger partial charge in [-0.25, -0.2) is 4.39 Å². The van der Waals surface area contributed by atoms with Crippen LogP contribution in [0, 0.1) is 52.7 Å². The lowest BCUT2D eigenvalue weighted by Crippen LogP contribution is -2.63. The topological polar surface area (TPSA) is 126 Å². The molecule has 7 rings (SSSR count). The number of aliphatic hydroxyl groups is 2. The van der Waals surface area contributed by atoms with Crippen molar-refractivity contribution in [1.29, 1.82) is 5.26 Å². The number of ketones is 2. The number of rotatable bonds is 6. The summed E-state index contributed by atoms with van der Waals surface area (Å²) in [6.07, 6.45) is 4.09. The summed E-state index contributed by atoms with van der Waals surface area (Å²) in [6, 6.07) is 12.5. The molecular weight excluding hydrogens is 589 g/mol. The van der Waals surface area contributed by atoms with Crippen molar-refractivity contribution in [2.24, 2.45) is 28.6 Å². The standard InChI is InChI=1S/C37H38FNO7/c1-20-5-4-6-21(13-20)19-44-28-10-7-22(17-39)31(33(28)38)34-45-30-15-26-25-9-8-23-14-24(41)11-12-35(23,2)32(25)27(42)16-36(26,3)37(30,46-34)29(43)18-40/h4-7,10-14,25-27,30,32,34,40,42H,8-9,15-16,18-19H2,1-3H3/t25-,26-,27-,30+,32+,34-,35-,36-,37+/m0/s1. The molecule has 0 unspecified atom stereocenters. The van der Waals surface area contributed by atoms with E-state index in [-0.39, 0.29) is 53.4 Å². The number of hydrogen-bond acceptors (Lipinski definition) is 8. The molecule has 3 saturated carbocycles. The number of nitriles is 1. The summed E-state index contributed by atoms with van der Waals surface area (Å²) in [5, 5.41) is 32.1. The van der Waals surface area contributed by atoms with Crippen molar-refractivity contribution in [3.63, 3.8) is 0 Å². The Hall–Kier alpha value is -3.68. The van der Waals surface area contributed by atoms with E-state index in [1.165, 1.54) is 12.1 Å².